The summed E-state index contributed by atoms with van der Waals surface area (Å²) >= 11 is 0. The first kappa shape index (κ1) is 21.3. The van der Waals surface area contributed by atoms with Crippen molar-refractivity contribution in [2.75, 3.05) is 11.9 Å². The summed E-state index contributed by atoms with van der Waals surface area (Å²) in [6, 6.07) is 0.257. The van der Waals surface area contributed by atoms with Gasteiger partial charge in [0.15, 0.2) is 0 Å². The number of piperidine rings is 1. The Balaban J connectivity index is 1.21. The van der Waals surface area contributed by atoms with E-state index in [9.17, 15) is 14.7 Å². The van der Waals surface area contributed by atoms with Gasteiger partial charge in [-0.25, -0.2) is 9.97 Å². The summed E-state index contributed by atoms with van der Waals surface area (Å²) in [7, 11) is 0. The molecule has 8 nitrogen and oxygen atoms in total. The van der Waals surface area contributed by atoms with Crippen molar-refractivity contribution < 1.29 is 14.7 Å². The second-order valence-electron chi connectivity index (χ2n) is 11.4. The molecule has 4 N–H and O–H groups in total. The minimum absolute atomic E-state index is 0.0576. The highest BCUT2D eigenvalue weighted by molar-refractivity contribution is 5.95. The van der Waals surface area contributed by atoms with Crippen molar-refractivity contribution in [1.82, 2.24) is 20.6 Å². The summed E-state index contributed by atoms with van der Waals surface area (Å²) in [5, 5.41) is 20.5. The van der Waals surface area contributed by atoms with Crippen LogP contribution in [0, 0.1) is 17.8 Å². The van der Waals surface area contributed by atoms with Crippen LogP contribution in [-0.4, -0.2) is 51.1 Å². The fraction of sp³-hybridized carbons (Fsp3) is 0.760. The Kier molecular flexibility index (Phi) is 5.31. The number of carbonyl (C=O) groups is 2. The maximum absolute atomic E-state index is 13.5. The van der Waals surface area contributed by atoms with Crippen LogP contribution >= 0.6 is 0 Å². The fourth-order valence-corrected chi connectivity index (χ4v) is 7.63. The summed E-state index contributed by atoms with van der Waals surface area (Å²) in [6.45, 7) is 0.570. The molecule has 3 atom stereocenters. The van der Waals surface area contributed by atoms with E-state index in [1.54, 1.807) is 6.20 Å². The highest BCUT2D eigenvalue weighted by atomic mass is 16.3. The van der Waals surface area contributed by atoms with Crippen molar-refractivity contribution in [1.29, 1.82) is 0 Å². The van der Waals surface area contributed by atoms with E-state index in [0.29, 0.717) is 48.1 Å². The average molecular weight is 454 g/mol. The number of nitrogens with zero attached hydrogens (tertiary/aromatic N) is 2. The Morgan fingerprint density at radius 2 is 1.88 bits per heavy atom. The molecule has 1 aromatic heterocycles. The lowest BCUT2D eigenvalue weighted by Gasteiger charge is -2.58. The van der Waals surface area contributed by atoms with Gasteiger partial charge in [0.05, 0.1) is 16.9 Å². The molecule has 0 spiro atoms. The third kappa shape index (κ3) is 4.11. The molecular weight excluding hydrogens is 418 g/mol. The molecule has 3 unspecified atom stereocenters. The number of aromatic nitrogens is 2. The molecule has 1 aromatic rings. The second kappa shape index (κ2) is 8.22. The van der Waals surface area contributed by atoms with E-state index in [2.05, 4.69) is 20.9 Å². The lowest BCUT2D eigenvalue weighted by atomic mass is 9.52. The molecule has 6 fully saturated rings. The van der Waals surface area contributed by atoms with Gasteiger partial charge in [-0.15, -0.1) is 0 Å². The lowest BCUT2D eigenvalue weighted by molar-refractivity contribution is -0.137. The number of carbonyl (C=O) groups excluding carboxylic acids is 2. The Labute approximate surface area is 194 Å². The van der Waals surface area contributed by atoms with Crippen molar-refractivity contribution in [2.45, 2.75) is 94.2 Å². The molecule has 178 valence electrons. The topological polar surface area (TPSA) is 116 Å². The molecular formula is C25H35N5O3. The van der Waals surface area contributed by atoms with Gasteiger partial charge in [0, 0.05) is 37.2 Å². The van der Waals surface area contributed by atoms with E-state index in [1.807, 2.05) is 0 Å². The minimum atomic E-state index is -0.498. The van der Waals surface area contributed by atoms with Crippen molar-refractivity contribution in [2.24, 2.45) is 17.8 Å². The predicted octanol–water partition coefficient (Wildman–Crippen LogP) is 2.49. The highest BCUT2D eigenvalue weighted by Gasteiger charge is 2.55. The smallest absolute Gasteiger partial charge is 0.254 e. The molecule has 5 saturated carbocycles. The molecule has 1 saturated heterocycles. The van der Waals surface area contributed by atoms with Crippen LogP contribution in [0.25, 0.3) is 0 Å². The minimum Gasteiger partial charge on any atom is -0.390 e. The van der Waals surface area contributed by atoms with E-state index >= 15 is 0 Å². The first-order valence-corrected chi connectivity index (χ1v) is 12.9. The van der Waals surface area contributed by atoms with Crippen molar-refractivity contribution in [3.8, 4) is 0 Å². The summed E-state index contributed by atoms with van der Waals surface area (Å²) in [5.41, 5.74) is 0.976. The number of anilines is 1. The quantitative estimate of drug-likeness (QED) is 0.544. The Hall–Kier alpha value is -2.22. The number of nitrogens with one attached hydrogen (secondary N) is 3. The molecule has 0 radical (unpaired) electrons. The van der Waals surface area contributed by atoms with E-state index in [-0.39, 0.29) is 23.9 Å². The molecule has 6 aliphatic rings. The molecule has 0 aromatic carbocycles. The Morgan fingerprint density at radius 3 is 2.55 bits per heavy atom. The van der Waals surface area contributed by atoms with Gasteiger partial charge in [0.25, 0.3) is 5.91 Å². The third-order valence-electron chi connectivity index (χ3n) is 8.94. The van der Waals surface area contributed by atoms with E-state index in [1.165, 1.54) is 12.8 Å². The van der Waals surface area contributed by atoms with E-state index in [4.69, 9.17) is 4.98 Å². The maximum atomic E-state index is 13.5. The SMILES string of the molecule is O=C1CCC(Nc2ncc(C(=O)N[C@H]3C4CC5CC3C[C@@](O)(C5)C4)c(C3CCCC3)n2)CN1. The van der Waals surface area contributed by atoms with Crippen molar-refractivity contribution in [3.63, 3.8) is 0 Å². The zero-order valence-electron chi connectivity index (χ0n) is 19.2. The van der Waals surface area contributed by atoms with Gasteiger partial charge < -0.3 is 21.1 Å². The Morgan fingerprint density at radius 1 is 1.12 bits per heavy atom. The first-order valence-electron chi connectivity index (χ1n) is 12.9. The zero-order valence-corrected chi connectivity index (χ0v) is 19.2. The summed E-state index contributed by atoms with van der Waals surface area (Å²) in [5.74, 6) is 2.24. The van der Waals surface area contributed by atoms with Crippen LogP contribution < -0.4 is 16.0 Å². The summed E-state index contributed by atoms with van der Waals surface area (Å²) in [4.78, 5) is 34.3. The largest absolute Gasteiger partial charge is 0.390 e. The molecule has 1 aliphatic heterocycles. The van der Waals surface area contributed by atoms with Gasteiger partial charge in [-0.1, -0.05) is 12.8 Å². The van der Waals surface area contributed by atoms with Gasteiger partial charge in [-0.05, 0) is 69.1 Å². The van der Waals surface area contributed by atoms with E-state index < -0.39 is 5.60 Å². The van der Waals surface area contributed by atoms with E-state index in [0.717, 1.165) is 57.1 Å². The average Bonchev–Trinajstić information content (AvgIpc) is 3.31. The fourth-order valence-electron chi connectivity index (χ4n) is 7.63. The van der Waals surface area contributed by atoms with Crippen LogP contribution in [-0.2, 0) is 4.79 Å². The lowest BCUT2D eigenvalue weighted by Crippen LogP contribution is -2.61. The van der Waals surface area contributed by atoms with Crippen LogP contribution in [0.5, 0.6) is 0 Å². The number of amides is 2. The zero-order chi connectivity index (χ0) is 22.6. The summed E-state index contributed by atoms with van der Waals surface area (Å²) < 4.78 is 0. The van der Waals surface area contributed by atoms with Crippen molar-refractivity contribution >= 4 is 17.8 Å². The predicted molar refractivity (Wildman–Crippen MR) is 123 cm³/mol. The van der Waals surface area contributed by atoms with Crippen LogP contribution in [0.4, 0.5) is 5.95 Å². The number of rotatable bonds is 5. The molecule has 2 heterocycles. The molecule has 33 heavy (non-hydrogen) atoms. The van der Waals surface area contributed by atoms with Gasteiger partial charge in [0.1, 0.15) is 0 Å². The maximum Gasteiger partial charge on any atom is 0.254 e. The van der Waals surface area contributed by atoms with Gasteiger partial charge in [-0.3, -0.25) is 9.59 Å². The molecule has 8 heteroatoms. The first-order chi connectivity index (χ1) is 16.0. The third-order valence-corrected chi connectivity index (χ3v) is 8.94. The number of hydrogen-bond donors (Lipinski definition) is 4. The number of aliphatic hydroxyl groups is 1. The Bertz CT molecular complexity index is 920. The molecule has 5 aliphatic carbocycles. The summed E-state index contributed by atoms with van der Waals surface area (Å²) in [6.07, 6.45) is 12.2. The van der Waals surface area contributed by atoms with Crippen molar-refractivity contribution in [3.05, 3.63) is 17.5 Å². The van der Waals surface area contributed by atoms with Gasteiger partial charge >= 0.3 is 0 Å². The molecule has 2 amide bonds. The standard InChI is InChI=1S/C25H35N5O3/c31-20-6-5-18(12-26-20)28-24-27-13-19(22(30-24)15-3-1-2-4-15)23(32)29-21-16-7-14-8-17(21)11-25(33,9-14)10-16/h13-18,21,33H,1-12H2,(H,26,31)(H,29,32)(H,27,28,30)/t14?,16?,17?,18?,21-,25+. The second-order valence-corrected chi connectivity index (χ2v) is 11.4. The van der Waals surface area contributed by atoms with Crippen LogP contribution in [0.15, 0.2) is 6.20 Å². The van der Waals surface area contributed by atoms with Gasteiger partial charge in [0.2, 0.25) is 11.9 Å². The normalized spacial score (nSPS) is 37.7. The number of hydrogen-bond acceptors (Lipinski definition) is 6. The van der Waals surface area contributed by atoms with Crippen LogP contribution in [0.3, 0.4) is 0 Å². The molecule has 7 rings (SSSR count). The van der Waals surface area contributed by atoms with Crippen LogP contribution in [0.1, 0.15) is 92.6 Å². The van der Waals surface area contributed by atoms with Gasteiger partial charge in [-0.2, -0.15) is 0 Å². The highest BCUT2D eigenvalue weighted by Crippen LogP contribution is 2.55. The monoisotopic (exact) mass is 453 g/mol. The van der Waals surface area contributed by atoms with Crippen LogP contribution in [0.2, 0.25) is 0 Å². The molecule has 4 bridgehead atoms.